The van der Waals surface area contributed by atoms with E-state index in [1.807, 2.05) is 24.6 Å². The molecule has 0 aliphatic rings. The molecule has 0 amide bonds. The fourth-order valence-electron chi connectivity index (χ4n) is 2.64. The van der Waals surface area contributed by atoms with E-state index in [4.69, 9.17) is 0 Å². The lowest BCUT2D eigenvalue weighted by Gasteiger charge is -2.19. The number of rotatable bonds is 4. The topological polar surface area (TPSA) is 55.6 Å². The Morgan fingerprint density at radius 2 is 2.00 bits per heavy atom. The largest absolute Gasteiger partial charge is 0.358 e. The van der Waals surface area contributed by atoms with Gasteiger partial charge in [-0.3, -0.25) is 4.68 Å². The smallest absolute Gasteiger partial charge is 0.163 e. The van der Waals surface area contributed by atoms with Gasteiger partial charge in [0.15, 0.2) is 5.65 Å². The third kappa shape index (κ3) is 2.63. The fraction of sp³-hybridized carbons (Fsp3) is 0.118. The standard InChI is InChI=1S/C17H14FN5S/c1-23-17-13(9-21-23)16(19-10-20-17)22-15(14-3-2-8-24-14)11-4-6-12(18)7-5-11/h2-10,15H,1H3,(H,19,20,22)/t15-/m0/s1. The lowest BCUT2D eigenvalue weighted by atomic mass is 10.1. The van der Waals surface area contributed by atoms with Crippen molar-refractivity contribution in [2.75, 3.05) is 5.32 Å². The number of nitrogens with zero attached hydrogens (tertiary/aromatic N) is 4. The molecule has 0 unspecified atom stereocenters. The Morgan fingerprint density at radius 1 is 1.17 bits per heavy atom. The van der Waals surface area contributed by atoms with Crippen molar-refractivity contribution in [1.29, 1.82) is 0 Å². The molecular weight excluding hydrogens is 325 g/mol. The average Bonchev–Trinajstić information content (AvgIpc) is 3.25. The van der Waals surface area contributed by atoms with Gasteiger partial charge in [-0.1, -0.05) is 18.2 Å². The summed E-state index contributed by atoms with van der Waals surface area (Å²) in [6.45, 7) is 0. The Kier molecular flexibility index (Phi) is 3.70. The van der Waals surface area contributed by atoms with Crippen molar-refractivity contribution < 1.29 is 4.39 Å². The van der Waals surface area contributed by atoms with Crippen molar-refractivity contribution in [3.05, 3.63) is 70.6 Å². The van der Waals surface area contributed by atoms with Gasteiger partial charge in [0.1, 0.15) is 18.0 Å². The van der Waals surface area contributed by atoms with Crippen molar-refractivity contribution in [2.24, 2.45) is 7.05 Å². The van der Waals surface area contributed by atoms with Crippen LogP contribution < -0.4 is 5.32 Å². The minimum atomic E-state index is -0.250. The first-order valence-corrected chi connectivity index (χ1v) is 8.28. The first kappa shape index (κ1) is 14.8. The molecule has 0 saturated carbocycles. The Morgan fingerprint density at radius 3 is 2.75 bits per heavy atom. The zero-order chi connectivity index (χ0) is 16.5. The van der Waals surface area contributed by atoms with Gasteiger partial charge in [-0.05, 0) is 29.1 Å². The number of anilines is 1. The number of hydrogen-bond acceptors (Lipinski definition) is 5. The van der Waals surface area contributed by atoms with Crippen LogP contribution in [0.2, 0.25) is 0 Å². The maximum Gasteiger partial charge on any atom is 0.163 e. The van der Waals surface area contributed by atoms with Gasteiger partial charge in [0, 0.05) is 11.9 Å². The Balaban J connectivity index is 1.78. The molecule has 0 bridgehead atoms. The van der Waals surface area contributed by atoms with Crippen molar-refractivity contribution in [2.45, 2.75) is 6.04 Å². The lowest BCUT2D eigenvalue weighted by Crippen LogP contribution is -2.12. The average molecular weight is 339 g/mol. The molecule has 4 rings (SSSR count). The SMILES string of the molecule is Cn1ncc2c(N[C@@H](c3ccc(F)cc3)c3cccs3)ncnc21. The van der Waals surface area contributed by atoms with Crippen LogP contribution in [0.1, 0.15) is 16.5 Å². The number of thiophene rings is 1. The highest BCUT2D eigenvalue weighted by atomic mass is 32.1. The van der Waals surface area contributed by atoms with E-state index in [0.29, 0.717) is 5.82 Å². The van der Waals surface area contributed by atoms with Crippen LogP contribution >= 0.6 is 11.3 Å². The Bertz CT molecular complexity index is 962. The summed E-state index contributed by atoms with van der Waals surface area (Å²) in [5, 5.41) is 10.6. The number of halogens is 1. The molecule has 0 saturated heterocycles. The summed E-state index contributed by atoms with van der Waals surface area (Å²) in [5.74, 6) is 0.455. The molecule has 1 aromatic carbocycles. The second-order valence-corrected chi connectivity index (χ2v) is 6.35. The molecule has 0 spiro atoms. The van der Waals surface area contributed by atoms with Crippen LogP contribution in [0, 0.1) is 5.82 Å². The molecular formula is C17H14FN5S. The number of nitrogens with one attached hydrogen (secondary N) is 1. The lowest BCUT2D eigenvalue weighted by molar-refractivity contribution is 0.626. The van der Waals surface area contributed by atoms with E-state index in [0.717, 1.165) is 21.5 Å². The summed E-state index contributed by atoms with van der Waals surface area (Å²) in [6, 6.07) is 10.4. The van der Waals surface area contributed by atoms with Crippen LogP contribution in [0.5, 0.6) is 0 Å². The molecule has 0 fully saturated rings. The van der Waals surface area contributed by atoms with Gasteiger partial charge in [0.25, 0.3) is 0 Å². The summed E-state index contributed by atoms with van der Waals surface area (Å²) in [5.41, 5.74) is 1.73. The molecule has 3 heterocycles. The minimum Gasteiger partial charge on any atom is -0.358 e. The molecule has 0 aliphatic heterocycles. The maximum atomic E-state index is 13.3. The molecule has 3 aromatic heterocycles. The van der Waals surface area contributed by atoms with E-state index in [9.17, 15) is 4.39 Å². The summed E-state index contributed by atoms with van der Waals surface area (Å²) in [4.78, 5) is 9.75. The minimum absolute atomic E-state index is 0.121. The van der Waals surface area contributed by atoms with Crippen LogP contribution in [0.4, 0.5) is 10.2 Å². The second-order valence-electron chi connectivity index (χ2n) is 5.37. The third-order valence-electron chi connectivity index (χ3n) is 3.84. The predicted molar refractivity (Wildman–Crippen MR) is 92.5 cm³/mol. The second kappa shape index (κ2) is 6.01. The van der Waals surface area contributed by atoms with E-state index >= 15 is 0 Å². The van der Waals surface area contributed by atoms with Crippen molar-refractivity contribution in [1.82, 2.24) is 19.7 Å². The summed E-state index contributed by atoms with van der Waals surface area (Å²) in [6.07, 6.45) is 3.26. The quantitative estimate of drug-likeness (QED) is 0.615. The van der Waals surface area contributed by atoms with Crippen molar-refractivity contribution in [3.8, 4) is 0 Å². The van der Waals surface area contributed by atoms with Crippen LogP contribution in [-0.2, 0) is 7.05 Å². The highest BCUT2D eigenvalue weighted by molar-refractivity contribution is 7.10. The zero-order valence-electron chi connectivity index (χ0n) is 12.8. The first-order chi connectivity index (χ1) is 11.7. The molecule has 0 radical (unpaired) electrons. The van der Waals surface area contributed by atoms with E-state index in [1.54, 1.807) is 34.3 Å². The maximum absolute atomic E-state index is 13.3. The first-order valence-electron chi connectivity index (χ1n) is 7.40. The molecule has 24 heavy (non-hydrogen) atoms. The van der Waals surface area contributed by atoms with Crippen molar-refractivity contribution >= 4 is 28.2 Å². The van der Waals surface area contributed by atoms with Gasteiger partial charge in [-0.25, -0.2) is 14.4 Å². The van der Waals surface area contributed by atoms with E-state index < -0.39 is 0 Å². The molecule has 120 valence electrons. The highest BCUT2D eigenvalue weighted by Crippen LogP contribution is 2.31. The molecule has 0 aliphatic carbocycles. The summed E-state index contributed by atoms with van der Waals surface area (Å²) >= 11 is 1.64. The number of aromatic nitrogens is 4. The number of hydrogen-bond donors (Lipinski definition) is 1. The molecule has 7 heteroatoms. The van der Waals surface area contributed by atoms with Crippen LogP contribution in [0.3, 0.4) is 0 Å². The van der Waals surface area contributed by atoms with Gasteiger partial charge in [-0.15, -0.1) is 11.3 Å². The summed E-state index contributed by atoms with van der Waals surface area (Å²) in [7, 11) is 1.84. The number of aryl methyl sites for hydroxylation is 1. The molecule has 4 aromatic rings. The number of fused-ring (bicyclic) bond motifs is 1. The van der Waals surface area contributed by atoms with Gasteiger partial charge < -0.3 is 5.32 Å². The third-order valence-corrected chi connectivity index (χ3v) is 4.78. The zero-order valence-corrected chi connectivity index (χ0v) is 13.7. The van der Waals surface area contributed by atoms with Gasteiger partial charge in [0.2, 0.25) is 0 Å². The Labute approximate surface area is 141 Å². The van der Waals surface area contributed by atoms with E-state index in [2.05, 4.69) is 20.4 Å². The molecule has 1 atom stereocenters. The van der Waals surface area contributed by atoms with Gasteiger partial charge >= 0.3 is 0 Å². The molecule has 1 N–H and O–H groups in total. The number of benzene rings is 1. The van der Waals surface area contributed by atoms with Crippen molar-refractivity contribution in [3.63, 3.8) is 0 Å². The van der Waals surface area contributed by atoms with E-state index in [-0.39, 0.29) is 11.9 Å². The predicted octanol–water partition coefficient (Wildman–Crippen LogP) is 3.77. The highest BCUT2D eigenvalue weighted by Gasteiger charge is 2.18. The van der Waals surface area contributed by atoms with Gasteiger partial charge in [-0.2, -0.15) is 5.10 Å². The fourth-order valence-corrected chi connectivity index (χ4v) is 3.45. The van der Waals surface area contributed by atoms with Crippen LogP contribution in [0.25, 0.3) is 11.0 Å². The summed E-state index contributed by atoms with van der Waals surface area (Å²) < 4.78 is 15.0. The molecule has 5 nitrogen and oxygen atoms in total. The van der Waals surface area contributed by atoms with Crippen LogP contribution in [0.15, 0.2) is 54.3 Å². The normalized spacial score (nSPS) is 12.4. The monoisotopic (exact) mass is 339 g/mol. The van der Waals surface area contributed by atoms with Crippen LogP contribution in [-0.4, -0.2) is 19.7 Å². The van der Waals surface area contributed by atoms with Gasteiger partial charge in [0.05, 0.1) is 17.6 Å². The van der Waals surface area contributed by atoms with E-state index in [1.165, 1.54) is 18.5 Å². The Hall–Kier alpha value is -2.80.